The summed E-state index contributed by atoms with van der Waals surface area (Å²) in [7, 11) is 0. The van der Waals surface area contributed by atoms with E-state index >= 15 is 0 Å². The fourth-order valence-corrected chi connectivity index (χ4v) is 1.75. The predicted octanol–water partition coefficient (Wildman–Crippen LogP) is 3.17. The van der Waals surface area contributed by atoms with E-state index in [2.05, 4.69) is 0 Å². The Labute approximate surface area is 106 Å². The average Bonchev–Trinajstić information content (AvgIpc) is 2.39. The number of hydrogen-bond acceptors (Lipinski definition) is 2. The van der Waals surface area contributed by atoms with Gasteiger partial charge in [-0.2, -0.15) is 0 Å². The summed E-state index contributed by atoms with van der Waals surface area (Å²) in [6, 6.07) is 12.2. The summed E-state index contributed by atoms with van der Waals surface area (Å²) < 4.78 is 18.5. The maximum atomic E-state index is 12.8. The Balaban J connectivity index is 2.08. The summed E-state index contributed by atoms with van der Waals surface area (Å²) >= 11 is 0. The fraction of sp³-hybridized carbons (Fsp3) is 0.200. The Morgan fingerprint density at radius 2 is 1.83 bits per heavy atom. The molecule has 2 N–H and O–H groups in total. The van der Waals surface area contributed by atoms with Crippen LogP contribution in [0.2, 0.25) is 0 Å². The molecule has 0 fully saturated rings. The van der Waals surface area contributed by atoms with Crippen LogP contribution in [0.25, 0.3) is 0 Å². The van der Waals surface area contributed by atoms with E-state index in [4.69, 9.17) is 10.5 Å². The maximum Gasteiger partial charge on any atom is 0.124 e. The van der Waals surface area contributed by atoms with Crippen LogP contribution in [0.3, 0.4) is 0 Å². The molecule has 94 valence electrons. The number of benzene rings is 2. The first-order valence-corrected chi connectivity index (χ1v) is 5.86. The minimum atomic E-state index is -0.239. The van der Waals surface area contributed by atoms with Crippen molar-refractivity contribution < 1.29 is 9.13 Å². The quantitative estimate of drug-likeness (QED) is 0.898. The van der Waals surface area contributed by atoms with Crippen molar-refractivity contribution in [3.63, 3.8) is 0 Å². The van der Waals surface area contributed by atoms with Crippen molar-refractivity contribution >= 4 is 0 Å². The lowest BCUT2D eigenvalue weighted by atomic mass is 10.1. The molecule has 0 saturated heterocycles. The summed E-state index contributed by atoms with van der Waals surface area (Å²) in [6.45, 7) is 2.87. The molecule has 0 atom stereocenters. The molecule has 0 aliphatic heterocycles. The largest absolute Gasteiger partial charge is 0.489 e. The van der Waals surface area contributed by atoms with Crippen LogP contribution < -0.4 is 10.5 Å². The highest BCUT2D eigenvalue weighted by Crippen LogP contribution is 2.20. The standard InChI is InChI=1S/C15H16FNO/c1-11-2-7-15(13(8-11)9-17)18-10-12-3-5-14(16)6-4-12/h2-8H,9-10,17H2,1H3. The molecule has 2 aromatic rings. The van der Waals surface area contributed by atoms with Gasteiger partial charge in [0.25, 0.3) is 0 Å². The summed E-state index contributed by atoms with van der Waals surface area (Å²) in [4.78, 5) is 0. The van der Waals surface area contributed by atoms with Gasteiger partial charge in [0.15, 0.2) is 0 Å². The summed E-state index contributed by atoms with van der Waals surface area (Å²) in [5, 5.41) is 0. The molecule has 2 rings (SSSR count). The Bertz CT molecular complexity index is 523. The molecule has 18 heavy (non-hydrogen) atoms. The zero-order valence-electron chi connectivity index (χ0n) is 10.3. The fourth-order valence-electron chi connectivity index (χ4n) is 1.75. The Hall–Kier alpha value is -1.87. The van der Waals surface area contributed by atoms with Crippen molar-refractivity contribution in [2.75, 3.05) is 0 Å². The third kappa shape index (κ3) is 3.08. The first-order valence-electron chi connectivity index (χ1n) is 5.86. The number of rotatable bonds is 4. The molecule has 0 aliphatic rings. The van der Waals surface area contributed by atoms with E-state index in [1.807, 2.05) is 25.1 Å². The van der Waals surface area contributed by atoms with Gasteiger partial charge in [0, 0.05) is 12.1 Å². The van der Waals surface area contributed by atoms with Gasteiger partial charge < -0.3 is 10.5 Å². The summed E-state index contributed by atoms with van der Waals surface area (Å²) in [5.74, 6) is 0.546. The van der Waals surface area contributed by atoms with Gasteiger partial charge in [-0.05, 0) is 30.7 Å². The highest BCUT2D eigenvalue weighted by atomic mass is 19.1. The lowest BCUT2D eigenvalue weighted by Gasteiger charge is -2.11. The molecule has 0 aromatic heterocycles. The molecule has 0 amide bonds. The number of ether oxygens (including phenoxy) is 1. The van der Waals surface area contributed by atoms with Crippen LogP contribution in [0.1, 0.15) is 16.7 Å². The van der Waals surface area contributed by atoms with Gasteiger partial charge in [0.2, 0.25) is 0 Å². The first kappa shape index (κ1) is 12.6. The Kier molecular flexibility index (Phi) is 3.95. The minimum absolute atomic E-state index is 0.239. The third-order valence-corrected chi connectivity index (χ3v) is 2.74. The van der Waals surface area contributed by atoms with Crippen molar-refractivity contribution in [1.82, 2.24) is 0 Å². The number of hydrogen-bond donors (Lipinski definition) is 1. The SMILES string of the molecule is Cc1ccc(OCc2ccc(F)cc2)c(CN)c1. The van der Waals surface area contributed by atoms with Gasteiger partial charge in [-0.25, -0.2) is 4.39 Å². The van der Waals surface area contributed by atoms with E-state index in [9.17, 15) is 4.39 Å². The van der Waals surface area contributed by atoms with Crippen molar-refractivity contribution in [3.8, 4) is 5.75 Å². The van der Waals surface area contributed by atoms with Crippen molar-refractivity contribution in [3.05, 3.63) is 65.0 Å². The van der Waals surface area contributed by atoms with Gasteiger partial charge in [0.1, 0.15) is 18.2 Å². The van der Waals surface area contributed by atoms with Crippen LogP contribution in [0.4, 0.5) is 4.39 Å². The molecule has 0 aliphatic carbocycles. The van der Waals surface area contributed by atoms with Gasteiger partial charge in [-0.1, -0.05) is 29.8 Å². The van der Waals surface area contributed by atoms with Crippen LogP contribution in [0.15, 0.2) is 42.5 Å². The number of aryl methyl sites for hydroxylation is 1. The van der Waals surface area contributed by atoms with Gasteiger partial charge in [-0.15, -0.1) is 0 Å². The van der Waals surface area contributed by atoms with E-state index in [1.54, 1.807) is 12.1 Å². The van der Waals surface area contributed by atoms with Crippen LogP contribution in [0.5, 0.6) is 5.75 Å². The Morgan fingerprint density at radius 3 is 2.50 bits per heavy atom. The molecule has 2 nitrogen and oxygen atoms in total. The highest BCUT2D eigenvalue weighted by molar-refractivity contribution is 5.37. The molecule has 0 saturated carbocycles. The predicted molar refractivity (Wildman–Crippen MR) is 69.8 cm³/mol. The van der Waals surface area contributed by atoms with Crippen molar-refractivity contribution in [2.24, 2.45) is 5.73 Å². The zero-order chi connectivity index (χ0) is 13.0. The van der Waals surface area contributed by atoms with Crippen LogP contribution in [0, 0.1) is 12.7 Å². The number of halogens is 1. The van der Waals surface area contributed by atoms with E-state index in [1.165, 1.54) is 12.1 Å². The Morgan fingerprint density at radius 1 is 1.11 bits per heavy atom. The molecule has 0 heterocycles. The third-order valence-electron chi connectivity index (χ3n) is 2.74. The molecule has 0 radical (unpaired) electrons. The van der Waals surface area contributed by atoms with Crippen LogP contribution >= 0.6 is 0 Å². The molecule has 0 spiro atoms. The molecular weight excluding hydrogens is 229 g/mol. The second-order valence-corrected chi connectivity index (χ2v) is 4.23. The van der Waals surface area contributed by atoms with E-state index in [0.29, 0.717) is 13.2 Å². The molecular formula is C15H16FNO. The second-order valence-electron chi connectivity index (χ2n) is 4.23. The molecule has 3 heteroatoms. The molecule has 0 unspecified atom stereocenters. The summed E-state index contributed by atoms with van der Waals surface area (Å²) in [6.07, 6.45) is 0. The highest BCUT2D eigenvalue weighted by Gasteiger charge is 2.03. The van der Waals surface area contributed by atoms with Gasteiger partial charge in [0.05, 0.1) is 0 Å². The lowest BCUT2D eigenvalue weighted by Crippen LogP contribution is -2.03. The topological polar surface area (TPSA) is 35.2 Å². The van der Waals surface area contributed by atoms with Crippen molar-refractivity contribution in [1.29, 1.82) is 0 Å². The first-order chi connectivity index (χ1) is 8.69. The van der Waals surface area contributed by atoms with Crippen molar-refractivity contribution in [2.45, 2.75) is 20.1 Å². The summed E-state index contributed by atoms with van der Waals surface area (Å²) in [5.41, 5.74) is 8.75. The molecule has 2 aromatic carbocycles. The number of nitrogens with two attached hydrogens (primary N) is 1. The maximum absolute atomic E-state index is 12.8. The van der Waals surface area contributed by atoms with E-state index in [0.717, 1.165) is 22.4 Å². The van der Waals surface area contributed by atoms with Gasteiger partial charge in [-0.3, -0.25) is 0 Å². The van der Waals surface area contributed by atoms with Crippen LogP contribution in [-0.4, -0.2) is 0 Å². The van der Waals surface area contributed by atoms with Crippen LogP contribution in [-0.2, 0) is 13.2 Å². The molecule has 0 bridgehead atoms. The van der Waals surface area contributed by atoms with E-state index < -0.39 is 0 Å². The average molecular weight is 245 g/mol. The smallest absolute Gasteiger partial charge is 0.124 e. The monoisotopic (exact) mass is 245 g/mol. The zero-order valence-corrected chi connectivity index (χ0v) is 10.3. The lowest BCUT2D eigenvalue weighted by molar-refractivity contribution is 0.303. The second kappa shape index (κ2) is 5.65. The van der Waals surface area contributed by atoms with E-state index in [-0.39, 0.29) is 5.82 Å². The normalized spacial score (nSPS) is 10.4. The minimum Gasteiger partial charge on any atom is -0.489 e. The van der Waals surface area contributed by atoms with Gasteiger partial charge >= 0.3 is 0 Å².